The first kappa shape index (κ1) is 14.7. The molecule has 1 atom stereocenters. The number of amides is 2. The van der Waals surface area contributed by atoms with E-state index in [-0.39, 0.29) is 23.4 Å². The van der Waals surface area contributed by atoms with Crippen molar-refractivity contribution in [3.05, 3.63) is 23.2 Å². The molecule has 3 N–H and O–H groups in total. The van der Waals surface area contributed by atoms with Gasteiger partial charge in [-0.2, -0.15) is 4.99 Å². The number of rotatable bonds is 4. The van der Waals surface area contributed by atoms with Crippen molar-refractivity contribution in [1.82, 2.24) is 0 Å². The van der Waals surface area contributed by atoms with Gasteiger partial charge in [0.05, 0.1) is 12.8 Å². The Morgan fingerprint density at radius 1 is 1.60 bits per heavy atom. The number of hydrogen-bond acceptors (Lipinski definition) is 5. The summed E-state index contributed by atoms with van der Waals surface area (Å²) in [6.07, 6.45) is -0.0105. The molecule has 0 saturated carbocycles. The fraction of sp³-hybridized carbons (Fsp3) is 0.250. The van der Waals surface area contributed by atoms with Crippen molar-refractivity contribution in [2.45, 2.75) is 11.7 Å². The number of hydrogen-bond donors (Lipinski definition) is 2. The van der Waals surface area contributed by atoms with Crippen molar-refractivity contribution in [2.24, 2.45) is 10.7 Å². The summed E-state index contributed by atoms with van der Waals surface area (Å²) in [5.74, 6) is -0.231. The first-order valence-corrected chi connectivity index (χ1v) is 6.93. The number of ether oxygens (including phenoxy) is 1. The third-order valence-corrected chi connectivity index (χ3v) is 3.79. The fourth-order valence-electron chi connectivity index (χ4n) is 1.68. The van der Waals surface area contributed by atoms with Gasteiger partial charge in [-0.05, 0) is 18.2 Å². The Kier molecular flexibility index (Phi) is 4.51. The fourth-order valence-corrected chi connectivity index (χ4v) is 2.67. The van der Waals surface area contributed by atoms with E-state index in [1.807, 2.05) is 0 Å². The topological polar surface area (TPSA) is 93.8 Å². The summed E-state index contributed by atoms with van der Waals surface area (Å²) in [6.45, 7) is 0. The van der Waals surface area contributed by atoms with Crippen molar-refractivity contribution < 1.29 is 14.3 Å². The Morgan fingerprint density at radius 3 is 2.95 bits per heavy atom. The minimum atomic E-state index is -0.569. The number of nitrogens with two attached hydrogens (primary N) is 1. The number of carbonyl (C=O) groups is 2. The Labute approximate surface area is 124 Å². The second kappa shape index (κ2) is 6.15. The van der Waals surface area contributed by atoms with Crippen LogP contribution < -0.4 is 15.8 Å². The number of methoxy groups -OCH3 is 1. The molecule has 0 aliphatic carbocycles. The molecule has 8 heteroatoms. The summed E-state index contributed by atoms with van der Waals surface area (Å²) in [7, 11) is 1.49. The lowest BCUT2D eigenvalue weighted by Gasteiger charge is -2.11. The van der Waals surface area contributed by atoms with Gasteiger partial charge in [-0.15, -0.1) is 0 Å². The van der Waals surface area contributed by atoms with Crippen molar-refractivity contribution >= 4 is 46.0 Å². The second-order valence-corrected chi connectivity index (χ2v) is 5.65. The van der Waals surface area contributed by atoms with Gasteiger partial charge in [-0.25, -0.2) is 0 Å². The van der Waals surface area contributed by atoms with E-state index in [1.54, 1.807) is 18.2 Å². The zero-order valence-corrected chi connectivity index (χ0v) is 12.1. The molecule has 1 aliphatic heterocycles. The SMILES string of the molecule is COc1ccc(Cl)cc1NC(=O)CC1SC(N)=NC1=O. The van der Waals surface area contributed by atoms with Gasteiger partial charge in [-0.1, -0.05) is 23.4 Å². The van der Waals surface area contributed by atoms with Gasteiger partial charge in [0.1, 0.15) is 11.0 Å². The first-order chi connectivity index (χ1) is 9.49. The summed E-state index contributed by atoms with van der Waals surface area (Å²) in [6, 6.07) is 4.88. The summed E-state index contributed by atoms with van der Waals surface area (Å²) in [5, 5.41) is 2.75. The summed E-state index contributed by atoms with van der Waals surface area (Å²) in [4.78, 5) is 26.9. The van der Waals surface area contributed by atoms with Crippen LogP contribution in [0.15, 0.2) is 23.2 Å². The molecule has 0 aromatic heterocycles. The number of nitrogens with one attached hydrogen (secondary N) is 1. The van der Waals surface area contributed by atoms with E-state index in [4.69, 9.17) is 22.1 Å². The van der Waals surface area contributed by atoms with E-state index in [2.05, 4.69) is 10.3 Å². The highest BCUT2D eigenvalue weighted by atomic mass is 35.5. The molecule has 1 heterocycles. The molecule has 0 radical (unpaired) electrons. The van der Waals surface area contributed by atoms with Crippen molar-refractivity contribution in [1.29, 1.82) is 0 Å². The lowest BCUT2D eigenvalue weighted by Crippen LogP contribution is -2.21. The highest BCUT2D eigenvalue weighted by Crippen LogP contribution is 2.29. The van der Waals surface area contributed by atoms with Gasteiger partial charge < -0.3 is 15.8 Å². The standard InChI is InChI=1S/C12H12ClN3O3S/c1-19-8-3-2-6(13)4-7(8)15-10(17)5-9-11(18)16-12(14)20-9/h2-4,9H,5H2,1H3,(H,15,17)(H2,14,16,18). The molecule has 1 aliphatic rings. The Bertz CT molecular complexity index is 591. The highest BCUT2D eigenvalue weighted by Gasteiger charge is 2.29. The number of nitrogens with zero attached hydrogens (tertiary/aromatic N) is 1. The van der Waals surface area contributed by atoms with E-state index >= 15 is 0 Å². The molecule has 6 nitrogen and oxygen atoms in total. The number of anilines is 1. The molecule has 106 valence electrons. The van der Waals surface area contributed by atoms with E-state index < -0.39 is 5.25 Å². The average molecular weight is 314 g/mol. The molecular formula is C12H12ClN3O3S. The lowest BCUT2D eigenvalue weighted by atomic mass is 10.2. The smallest absolute Gasteiger partial charge is 0.262 e. The molecule has 1 aromatic rings. The second-order valence-electron chi connectivity index (χ2n) is 3.99. The third-order valence-electron chi connectivity index (χ3n) is 2.57. The Morgan fingerprint density at radius 2 is 2.35 bits per heavy atom. The van der Waals surface area contributed by atoms with E-state index in [0.717, 1.165) is 11.8 Å². The molecule has 0 bridgehead atoms. The largest absolute Gasteiger partial charge is 0.495 e. The van der Waals surface area contributed by atoms with Gasteiger partial charge in [0.15, 0.2) is 5.17 Å². The maximum atomic E-state index is 11.9. The monoisotopic (exact) mass is 313 g/mol. The van der Waals surface area contributed by atoms with Crippen LogP contribution in [0.1, 0.15) is 6.42 Å². The van der Waals surface area contributed by atoms with Crippen molar-refractivity contribution in [3.63, 3.8) is 0 Å². The predicted molar refractivity (Wildman–Crippen MR) is 79.3 cm³/mol. The quantitative estimate of drug-likeness (QED) is 0.881. The van der Waals surface area contributed by atoms with Crippen LogP contribution in [0.4, 0.5) is 5.69 Å². The molecule has 0 saturated heterocycles. The molecule has 2 rings (SSSR count). The normalized spacial score (nSPS) is 17.8. The third kappa shape index (κ3) is 3.43. The number of carbonyl (C=O) groups excluding carboxylic acids is 2. The molecule has 0 spiro atoms. The molecule has 1 aromatic carbocycles. The van der Waals surface area contributed by atoms with Crippen LogP contribution in [0.25, 0.3) is 0 Å². The van der Waals surface area contributed by atoms with E-state index in [0.29, 0.717) is 16.5 Å². The first-order valence-electron chi connectivity index (χ1n) is 5.67. The lowest BCUT2D eigenvalue weighted by molar-refractivity contribution is -0.121. The zero-order valence-electron chi connectivity index (χ0n) is 10.6. The summed E-state index contributed by atoms with van der Waals surface area (Å²) >= 11 is 6.96. The molecule has 1 unspecified atom stereocenters. The minimum Gasteiger partial charge on any atom is -0.495 e. The molecule has 20 heavy (non-hydrogen) atoms. The highest BCUT2D eigenvalue weighted by molar-refractivity contribution is 8.15. The molecule has 0 fully saturated rings. The minimum absolute atomic E-state index is 0.0105. The van der Waals surface area contributed by atoms with Crippen LogP contribution in [0.3, 0.4) is 0 Å². The van der Waals surface area contributed by atoms with Gasteiger partial charge in [0.2, 0.25) is 5.91 Å². The van der Waals surface area contributed by atoms with Crippen molar-refractivity contribution in [2.75, 3.05) is 12.4 Å². The van der Waals surface area contributed by atoms with Gasteiger partial charge in [0, 0.05) is 11.4 Å². The maximum Gasteiger partial charge on any atom is 0.262 e. The van der Waals surface area contributed by atoms with Gasteiger partial charge >= 0.3 is 0 Å². The summed E-state index contributed by atoms with van der Waals surface area (Å²) in [5.41, 5.74) is 5.89. The number of halogens is 1. The number of amidine groups is 1. The van der Waals surface area contributed by atoms with E-state index in [9.17, 15) is 9.59 Å². The molecular weight excluding hydrogens is 302 g/mol. The van der Waals surface area contributed by atoms with Crippen LogP contribution in [-0.2, 0) is 9.59 Å². The molecule has 2 amide bonds. The van der Waals surface area contributed by atoms with Crippen LogP contribution in [0.5, 0.6) is 5.75 Å². The summed E-state index contributed by atoms with van der Waals surface area (Å²) < 4.78 is 5.12. The van der Waals surface area contributed by atoms with Gasteiger partial charge in [0.25, 0.3) is 5.91 Å². The Hall–Kier alpha value is -1.73. The predicted octanol–water partition coefficient (Wildman–Crippen LogP) is 1.63. The maximum absolute atomic E-state index is 11.9. The zero-order chi connectivity index (χ0) is 14.7. The van der Waals surface area contributed by atoms with Crippen LogP contribution in [0, 0.1) is 0 Å². The van der Waals surface area contributed by atoms with Crippen LogP contribution >= 0.6 is 23.4 Å². The van der Waals surface area contributed by atoms with Crippen LogP contribution in [-0.4, -0.2) is 29.3 Å². The van der Waals surface area contributed by atoms with Gasteiger partial charge in [-0.3, -0.25) is 9.59 Å². The van der Waals surface area contributed by atoms with Crippen molar-refractivity contribution in [3.8, 4) is 5.75 Å². The average Bonchev–Trinajstić information content (AvgIpc) is 2.68. The number of aliphatic imine (C=N–C) groups is 1. The number of thioether (sulfide) groups is 1. The Balaban J connectivity index is 2.02. The van der Waals surface area contributed by atoms with E-state index in [1.165, 1.54) is 7.11 Å². The van der Waals surface area contributed by atoms with Crippen LogP contribution in [0.2, 0.25) is 5.02 Å². The number of benzene rings is 1.